The van der Waals surface area contributed by atoms with E-state index in [2.05, 4.69) is 20.7 Å². The molecule has 2 aromatic heterocycles. The van der Waals surface area contributed by atoms with Crippen molar-refractivity contribution in [2.45, 2.75) is 6.92 Å². The number of amides is 2. The lowest BCUT2D eigenvalue weighted by Crippen LogP contribution is -2.32. The summed E-state index contributed by atoms with van der Waals surface area (Å²) >= 11 is 0. The van der Waals surface area contributed by atoms with Gasteiger partial charge in [-0.1, -0.05) is 18.2 Å². The Bertz CT molecular complexity index is 801. The Labute approximate surface area is 133 Å². The van der Waals surface area contributed by atoms with Crippen molar-refractivity contribution in [2.75, 3.05) is 18.5 Å². The first-order chi connectivity index (χ1) is 11.2. The molecule has 0 bridgehead atoms. The number of carbonyl (C=O) groups is 1. The van der Waals surface area contributed by atoms with Gasteiger partial charge in [0, 0.05) is 6.07 Å². The van der Waals surface area contributed by atoms with Crippen LogP contribution in [0.2, 0.25) is 0 Å². The summed E-state index contributed by atoms with van der Waals surface area (Å²) in [6.45, 7) is 2.69. The standard InChI is InChI=1S/C16H17N5O2/c1-12-9-15-18-10-13(11-21(15)20-12)19-16(22)17-7-8-23-14-5-3-2-4-6-14/h2-6,9-11H,7-8H2,1H3,(H2,17,19,22). The fourth-order valence-electron chi connectivity index (χ4n) is 2.09. The molecule has 0 spiro atoms. The van der Waals surface area contributed by atoms with Gasteiger partial charge < -0.3 is 15.4 Å². The smallest absolute Gasteiger partial charge is 0.319 e. The van der Waals surface area contributed by atoms with Crippen LogP contribution in [0.4, 0.5) is 10.5 Å². The highest BCUT2D eigenvalue weighted by Gasteiger charge is 2.04. The number of carbonyl (C=O) groups excluding carboxylic acids is 1. The molecular formula is C16H17N5O2. The van der Waals surface area contributed by atoms with Gasteiger partial charge in [0.25, 0.3) is 0 Å². The Morgan fingerprint density at radius 1 is 1.30 bits per heavy atom. The molecule has 7 nitrogen and oxygen atoms in total. The Morgan fingerprint density at radius 2 is 2.13 bits per heavy atom. The quantitative estimate of drug-likeness (QED) is 0.708. The van der Waals surface area contributed by atoms with Gasteiger partial charge in [-0.3, -0.25) is 0 Å². The molecule has 0 aliphatic carbocycles. The Kier molecular flexibility index (Phi) is 4.37. The van der Waals surface area contributed by atoms with Gasteiger partial charge in [-0.25, -0.2) is 14.3 Å². The third-order valence-corrected chi connectivity index (χ3v) is 3.09. The Morgan fingerprint density at radius 3 is 2.96 bits per heavy atom. The number of urea groups is 1. The summed E-state index contributed by atoms with van der Waals surface area (Å²) in [6, 6.07) is 11.0. The summed E-state index contributed by atoms with van der Waals surface area (Å²) < 4.78 is 7.13. The lowest BCUT2D eigenvalue weighted by atomic mass is 10.3. The number of aromatic nitrogens is 3. The summed E-state index contributed by atoms with van der Waals surface area (Å²) in [5.74, 6) is 0.776. The Balaban J connectivity index is 1.46. The molecule has 0 saturated carbocycles. The molecule has 23 heavy (non-hydrogen) atoms. The number of para-hydroxylation sites is 1. The van der Waals surface area contributed by atoms with E-state index in [1.165, 1.54) is 0 Å². The molecule has 2 heterocycles. The van der Waals surface area contributed by atoms with Crippen LogP contribution in [0.15, 0.2) is 48.8 Å². The van der Waals surface area contributed by atoms with Crippen LogP contribution in [0.5, 0.6) is 5.75 Å². The van der Waals surface area contributed by atoms with Crippen molar-refractivity contribution < 1.29 is 9.53 Å². The first-order valence-electron chi connectivity index (χ1n) is 7.25. The highest BCUT2D eigenvalue weighted by molar-refractivity contribution is 5.88. The topological polar surface area (TPSA) is 80.5 Å². The summed E-state index contributed by atoms with van der Waals surface area (Å²) in [4.78, 5) is 16.1. The average Bonchev–Trinajstić information content (AvgIpc) is 2.92. The number of anilines is 1. The molecule has 2 amide bonds. The minimum Gasteiger partial charge on any atom is -0.492 e. The van der Waals surface area contributed by atoms with Crippen LogP contribution < -0.4 is 15.4 Å². The van der Waals surface area contributed by atoms with Crippen molar-refractivity contribution in [2.24, 2.45) is 0 Å². The van der Waals surface area contributed by atoms with Crippen LogP contribution in [0.25, 0.3) is 5.65 Å². The second kappa shape index (κ2) is 6.78. The maximum Gasteiger partial charge on any atom is 0.319 e. The lowest BCUT2D eigenvalue weighted by molar-refractivity contribution is 0.247. The molecule has 0 saturated heterocycles. The van der Waals surface area contributed by atoms with Gasteiger partial charge in [-0.2, -0.15) is 5.10 Å². The minimum absolute atomic E-state index is 0.313. The van der Waals surface area contributed by atoms with Crippen molar-refractivity contribution >= 4 is 17.4 Å². The fraction of sp³-hybridized carbons (Fsp3) is 0.188. The summed E-state index contributed by atoms with van der Waals surface area (Å²) in [7, 11) is 0. The number of benzene rings is 1. The van der Waals surface area contributed by atoms with E-state index >= 15 is 0 Å². The van der Waals surface area contributed by atoms with E-state index in [0.717, 1.165) is 17.1 Å². The molecule has 0 fully saturated rings. The first kappa shape index (κ1) is 14.8. The molecule has 1 aromatic carbocycles. The van der Waals surface area contributed by atoms with E-state index in [4.69, 9.17) is 4.74 Å². The van der Waals surface area contributed by atoms with E-state index in [1.54, 1.807) is 16.9 Å². The zero-order valence-electron chi connectivity index (χ0n) is 12.7. The largest absolute Gasteiger partial charge is 0.492 e. The van der Waals surface area contributed by atoms with Gasteiger partial charge in [-0.05, 0) is 19.1 Å². The molecule has 2 N–H and O–H groups in total. The number of nitrogens with one attached hydrogen (secondary N) is 2. The SMILES string of the molecule is Cc1cc2ncc(NC(=O)NCCOc3ccccc3)cn2n1. The third-order valence-electron chi connectivity index (χ3n) is 3.09. The third kappa shape index (κ3) is 3.97. The molecule has 0 radical (unpaired) electrons. The predicted molar refractivity (Wildman–Crippen MR) is 86.7 cm³/mol. The summed E-state index contributed by atoms with van der Waals surface area (Å²) in [6.07, 6.45) is 3.31. The van der Waals surface area contributed by atoms with Crippen molar-refractivity contribution in [3.05, 3.63) is 54.5 Å². The number of nitrogens with zero attached hydrogens (tertiary/aromatic N) is 3. The van der Waals surface area contributed by atoms with Crippen LogP contribution in [0.1, 0.15) is 5.69 Å². The first-order valence-corrected chi connectivity index (χ1v) is 7.25. The highest BCUT2D eigenvalue weighted by atomic mass is 16.5. The van der Waals surface area contributed by atoms with Gasteiger partial charge in [0.15, 0.2) is 5.65 Å². The zero-order chi connectivity index (χ0) is 16.1. The second-order valence-electron chi connectivity index (χ2n) is 4.97. The molecule has 0 aliphatic rings. The Hall–Kier alpha value is -3.09. The molecule has 0 aliphatic heterocycles. The van der Waals surface area contributed by atoms with E-state index in [-0.39, 0.29) is 6.03 Å². The molecule has 0 unspecified atom stereocenters. The van der Waals surface area contributed by atoms with Crippen LogP contribution in [-0.2, 0) is 0 Å². The van der Waals surface area contributed by atoms with Crippen LogP contribution >= 0.6 is 0 Å². The number of aryl methyl sites for hydroxylation is 1. The molecular weight excluding hydrogens is 294 g/mol. The monoisotopic (exact) mass is 311 g/mol. The number of fused-ring (bicyclic) bond motifs is 1. The van der Waals surface area contributed by atoms with Gasteiger partial charge in [0.2, 0.25) is 0 Å². The molecule has 0 atom stereocenters. The van der Waals surface area contributed by atoms with Crippen molar-refractivity contribution in [1.82, 2.24) is 19.9 Å². The van der Waals surface area contributed by atoms with Crippen molar-refractivity contribution in [1.29, 1.82) is 0 Å². The molecule has 7 heteroatoms. The zero-order valence-corrected chi connectivity index (χ0v) is 12.7. The summed E-state index contributed by atoms with van der Waals surface area (Å²) in [5, 5.41) is 9.69. The van der Waals surface area contributed by atoms with Gasteiger partial charge in [-0.15, -0.1) is 0 Å². The summed E-state index contributed by atoms with van der Waals surface area (Å²) in [5.41, 5.74) is 2.18. The second-order valence-corrected chi connectivity index (χ2v) is 4.97. The van der Waals surface area contributed by atoms with E-state index in [9.17, 15) is 4.79 Å². The van der Waals surface area contributed by atoms with E-state index in [1.807, 2.05) is 43.3 Å². The van der Waals surface area contributed by atoms with Crippen LogP contribution in [0.3, 0.4) is 0 Å². The van der Waals surface area contributed by atoms with Gasteiger partial charge >= 0.3 is 6.03 Å². The predicted octanol–water partition coefficient (Wildman–Crippen LogP) is 2.24. The minimum atomic E-state index is -0.313. The molecule has 3 aromatic rings. The van der Waals surface area contributed by atoms with E-state index in [0.29, 0.717) is 18.8 Å². The number of ether oxygens (including phenoxy) is 1. The van der Waals surface area contributed by atoms with E-state index < -0.39 is 0 Å². The van der Waals surface area contributed by atoms with Crippen molar-refractivity contribution in [3.8, 4) is 5.75 Å². The van der Waals surface area contributed by atoms with Gasteiger partial charge in [0.05, 0.1) is 30.3 Å². The highest BCUT2D eigenvalue weighted by Crippen LogP contribution is 2.09. The van der Waals surface area contributed by atoms with Crippen LogP contribution in [-0.4, -0.2) is 33.8 Å². The number of hydrogen-bond donors (Lipinski definition) is 2. The number of rotatable bonds is 5. The van der Waals surface area contributed by atoms with Crippen molar-refractivity contribution in [3.63, 3.8) is 0 Å². The normalized spacial score (nSPS) is 10.5. The fourth-order valence-corrected chi connectivity index (χ4v) is 2.09. The maximum atomic E-state index is 11.8. The number of hydrogen-bond acceptors (Lipinski definition) is 4. The lowest BCUT2D eigenvalue weighted by Gasteiger charge is -2.09. The van der Waals surface area contributed by atoms with Crippen LogP contribution in [0, 0.1) is 6.92 Å². The van der Waals surface area contributed by atoms with Gasteiger partial charge in [0.1, 0.15) is 12.4 Å². The maximum absolute atomic E-state index is 11.8. The average molecular weight is 311 g/mol. The molecule has 3 rings (SSSR count). The molecule has 118 valence electrons.